The Bertz CT molecular complexity index is 326. The lowest BCUT2D eigenvalue weighted by molar-refractivity contribution is -0.138. The van der Waals surface area contributed by atoms with Crippen molar-refractivity contribution in [2.75, 3.05) is 0 Å². The highest BCUT2D eigenvalue weighted by atomic mass is 19.4. The number of rotatable bonds is 3. The van der Waals surface area contributed by atoms with Crippen molar-refractivity contribution in [2.24, 2.45) is 0 Å². The Morgan fingerprint density at radius 3 is 2.27 bits per heavy atom. The van der Waals surface area contributed by atoms with Crippen molar-refractivity contribution in [2.45, 2.75) is 39.3 Å². The van der Waals surface area contributed by atoms with Gasteiger partial charge < -0.3 is 0 Å². The Kier molecular flexibility index (Phi) is 3.77. The van der Waals surface area contributed by atoms with Crippen LogP contribution in [0.4, 0.5) is 13.2 Å². The second-order valence-corrected chi connectivity index (χ2v) is 3.59. The van der Waals surface area contributed by atoms with Gasteiger partial charge in [0.1, 0.15) is 0 Å². The zero-order chi connectivity index (χ0) is 11.5. The minimum atomic E-state index is -4.23. The van der Waals surface area contributed by atoms with Crippen molar-refractivity contribution in [3.05, 3.63) is 34.9 Å². The molecule has 1 rings (SSSR count). The van der Waals surface area contributed by atoms with Gasteiger partial charge in [0.15, 0.2) is 0 Å². The van der Waals surface area contributed by atoms with Crippen LogP contribution in [0.3, 0.4) is 0 Å². The molecule has 1 aromatic rings. The van der Waals surface area contributed by atoms with Crippen molar-refractivity contribution in [3.8, 4) is 0 Å². The standard InChI is InChI=1S/C12H15F3/c1-3-5-10-8-9(4-2)6-7-11(10)12(13,14)15/h6-8H,3-5H2,1-2H3. The quantitative estimate of drug-likeness (QED) is 0.709. The molecule has 0 aliphatic rings. The molecule has 0 aromatic heterocycles. The summed E-state index contributed by atoms with van der Waals surface area (Å²) in [4.78, 5) is 0. The van der Waals surface area contributed by atoms with Crippen molar-refractivity contribution in [1.82, 2.24) is 0 Å². The van der Waals surface area contributed by atoms with E-state index < -0.39 is 11.7 Å². The van der Waals surface area contributed by atoms with Crippen LogP contribution in [0.2, 0.25) is 0 Å². The maximum Gasteiger partial charge on any atom is 0.416 e. The number of halogens is 3. The summed E-state index contributed by atoms with van der Waals surface area (Å²) >= 11 is 0. The summed E-state index contributed by atoms with van der Waals surface area (Å²) < 4.78 is 37.8. The molecule has 0 nitrogen and oxygen atoms in total. The summed E-state index contributed by atoms with van der Waals surface area (Å²) in [5.41, 5.74) is 0.900. The topological polar surface area (TPSA) is 0 Å². The van der Waals surface area contributed by atoms with Crippen LogP contribution >= 0.6 is 0 Å². The fourth-order valence-electron chi connectivity index (χ4n) is 1.62. The fourth-order valence-corrected chi connectivity index (χ4v) is 1.62. The number of benzene rings is 1. The zero-order valence-electron chi connectivity index (χ0n) is 8.99. The van der Waals surface area contributed by atoms with Crippen LogP contribution in [0.5, 0.6) is 0 Å². The zero-order valence-corrected chi connectivity index (χ0v) is 8.99. The van der Waals surface area contributed by atoms with E-state index in [4.69, 9.17) is 0 Å². The lowest BCUT2D eigenvalue weighted by Crippen LogP contribution is -2.09. The van der Waals surface area contributed by atoms with Crippen molar-refractivity contribution >= 4 is 0 Å². The highest BCUT2D eigenvalue weighted by molar-refractivity contribution is 5.34. The van der Waals surface area contributed by atoms with E-state index in [0.717, 1.165) is 18.4 Å². The monoisotopic (exact) mass is 216 g/mol. The van der Waals surface area contributed by atoms with Gasteiger partial charge in [-0.15, -0.1) is 0 Å². The van der Waals surface area contributed by atoms with Gasteiger partial charge in [-0.3, -0.25) is 0 Å². The molecule has 3 heteroatoms. The molecule has 0 saturated carbocycles. The molecular formula is C12H15F3. The number of hydrogen-bond acceptors (Lipinski definition) is 0. The van der Waals surface area contributed by atoms with E-state index >= 15 is 0 Å². The average molecular weight is 216 g/mol. The van der Waals surface area contributed by atoms with E-state index in [0.29, 0.717) is 12.0 Å². The molecule has 0 aliphatic heterocycles. The van der Waals surface area contributed by atoms with Crippen LogP contribution in [0.25, 0.3) is 0 Å². The molecule has 0 saturated heterocycles. The Hall–Kier alpha value is -0.990. The van der Waals surface area contributed by atoms with Gasteiger partial charge in [0.25, 0.3) is 0 Å². The third-order valence-corrected chi connectivity index (χ3v) is 2.40. The second kappa shape index (κ2) is 4.69. The second-order valence-electron chi connectivity index (χ2n) is 3.59. The molecule has 0 fully saturated rings. The molecule has 0 unspecified atom stereocenters. The van der Waals surface area contributed by atoms with Gasteiger partial charge in [-0.2, -0.15) is 13.2 Å². The van der Waals surface area contributed by atoms with E-state index in [1.807, 2.05) is 13.8 Å². The SMILES string of the molecule is CCCc1cc(CC)ccc1C(F)(F)F. The maximum atomic E-state index is 12.6. The lowest BCUT2D eigenvalue weighted by Gasteiger charge is -2.13. The number of aryl methyl sites for hydroxylation is 2. The van der Waals surface area contributed by atoms with E-state index in [-0.39, 0.29) is 0 Å². The highest BCUT2D eigenvalue weighted by Gasteiger charge is 2.32. The van der Waals surface area contributed by atoms with Crippen molar-refractivity contribution in [3.63, 3.8) is 0 Å². The summed E-state index contributed by atoms with van der Waals surface area (Å²) in [6.07, 6.45) is -2.23. The van der Waals surface area contributed by atoms with E-state index in [1.165, 1.54) is 6.07 Å². The third-order valence-electron chi connectivity index (χ3n) is 2.40. The summed E-state index contributed by atoms with van der Waals surface area (Å²) in [5.74, 6) is 0. The highest BCUT2D eigenvalue weighted by Crippen LogP contribution is 2.33. The molecular weight excluding hydrogens is 201 g/mol. The first-order valence-corrected chi connectivity index (χ1v) is 5.18. The average Bonchev–Trinajstić information content (AvgIpc) is 2.16. The molecule has 0 atom stereocenters. The van der Waals surface area contributed by atoms with Crippen LogP contribution in [0.15, 0.2) is 18.2 Å². The van der Waals surface area contributed by atoms with E-state index in [2.05, 4.69) is 0 Å². The molecule has 1 aromatic carbocycles. The van der Waals surface area contributed by atoms with Gasteiger partial charge >= 0.3 is 6.18 Å². The van der Waals surface area contributed by atoms with Gasteiger partial charge in [0, 0.05) is 0 Å². The van der Waals surface area contributed by atoms with Gasteiger partial charge in [0.2, 0.25) is 0 Å². The van der Waals surface area contributed by atoms with Crippen LogP contribution in [-0.2, 0) is 19.0 Å². The van der Waals surface area contributed by atoms with Crippen LogP contribution < -0.4 is 0 Å². The largest absolute Gasteiger partial charge is 0.416 e. The van der Waals surface area contributed by atoms with Gasteiger partial charge in [-0.25, -0.2) is 0 Å². The predicted octanol–water partition coefficient (Wildman–Crippen LogP) is 4.22. The molecule has 0 aliphatic carbocycles. The molecule has 0 N–H and O–H groups in total. The van der Waals surface area contributed by atoms with Crippen LogP contribution in [0.1, 0.15) is 37.0 Å². The Morgan fingerprint density at radius 1 is 1.13 bits per heavy atom. The van der Waals surface area contributed by atoms with Crippen molar-refractivity contribution in [1.29, 1.82) is 0 Å². The minimum Gasteiger partial charge on any atom is -0.166 e. The summed E-state index contributed by atoms with van der Waals surface area (Å²) in [6, 6.07) is 4.43. The molecule has 0 spiro atoms. The Balaban J connectivity index is 3.15. The summed E-state index contributed by atoms with van der Waals surface area (Å²) in [7, 11) is 0. The van der Waals surface area contributed by atoms with Gasteiger partial charge in [0.05, 0.1) is 5.56 Å². The van der Waals surface area contributed by atoms with Crippen LogP contribution in [-0.4, -0.2) is 0 Å². The van der Waals surface area contributed by atoms with Crippen molar-refractivity contribution < 1.29 is 13.2 Å². The summed E-state index contributed by atoms with van der Waals surface area (Å²) in [5, 5.41) is 0. The van der Waals surface area contributed by atoms with Gasteiger partial charge in [-0.05, 0) is 30.0 Å². The molecule has 0 heterocycles. The Labute approximate surface area is 88.1 Å². The first-order chi connectivity index (χ1) is 6.99. The fraction of sp³-hybridized carbons (Fsp3) is 0.500. The molecule has 0 radical (unpaired) electrons. The normalized spacial score (nSPS) is 11.8. The maximum absolute atomic E-state index is 12.6. The number of alkyl halides is 3. The van der Waals surface area contributed by atoms with Gasteiger partial charge in [-0.1, -0.05) is 32.4 Å². The third kappa shape index (κ3) is 2.98. The Morgan fingerprint density at radius 2 is 1.80 bits per heavy atom. The minimum absolute atomic E-state index is 0.421. The van der Waals surface area contributed by atoms with E-state index in [1.54, 1.807) is 12.1 Å². The van der Waals surface area contributed by atoms with Crippen LogP contribution in [0, 0.1) is 0 Å². The molecule has 15 heavy (non-hydrogen) atoms. The lowest BCUT2D eigenvalue weighted by atomic mass is 9.99. The molecule has 84 valence electrons. The first kappa shape index (κ1) is 12.1. The molecule has 0 amide bonds. The predicted molar refractivity (Wildman–Crippen MR) is 54.8 cm³/mol. The number of hydrogen-bond donors (Lipinski definition) is 0. The summed E-state index contributed by atoms with van der Waals surface area (Å²) in [6.45, 7) is 3.83. The first-order valence-electron chi connectivity index (χ1n) is 5.18. The smallest absolute Gasteiger partial charge is 0.166 e. The van der Waals surface area contributed by atoms with E-state index in [9.17, 15) is 13.2 Å². The molecule has 0 bridgehead atoms.